The summed E-state index contributed by atoms with van der Waals surface area (Å²) in [5, 5.41) is 18.1. The van der Waals surface area contributed by atoms with E-state index < -0.39 is 34.2 Å². The highest BCUT2D eigenvalue weighted by Crippen LogP contribution is 2.45. The fraction of sp³-hybridized carbons (Fsp3) is 0.273. The number of rotatable bonds is 4. The molecule has 100 valence electrons. The van der Waals surface area contributed by atoms with E-state index in [1.165, 1.54) is 0 Å². The molecule has 0 amide bonds. The van der Waals surface area contributed by atoms with Gasteiger partial charge in [-0.25, -0.2) is 17.7 Å². The molecule has 1 fully saturated rings. The number of nitriles is 1. The summed E-state index contributed by atoms with van der Waals surface area (Å²) in [6.45, 7) is 0. The highest BCUT2D eigenvalue weighted by atomic mass is 32.2. The van der Waals surface area contributed by atoms with Crippen LogP contribution in [0.5, 0.6) is 0 Å². The Kier molecular flexibility index (Phi) is 3.26. The third kappa shape index (κ3) is 2.30. The van der Waals surface area contributed by atoms with Crippen molar-refractivity contribution < 1.29 is 23.1 Å². The summed E-state index contributed by atoms with van der Waals surface area (Å²) in [6.07, 6.45) is 0.707. The Bertz CT molecular complexity index is 609. The van der Waals surface area contributed by atoms with Crippen molar-refractivity contribution in [2.75, 3.05) is 4.31 Å². The summed E-state index contributed by atoms with van der Waals surface area (Å²) in [5.74, 6) is -2.20. The first kappa shape index (κ1) is 13.5. The van der Waals surface area contributed by atoms with Gasteiger partial charge in [0.1, 0.15) is 11.4 Å². The number of anilines is 1. The van der Waals surface area contributed by atoms with Gasteiger partial charge in [0.15, 0.2) is 0 Å². The van der Waals surface area contributed by atoms with Crippen LogP contribution >= 0.6 is 0 Å². The standard InChI is InChI=1S/C11H9FN2O4S/c12-7-1-2-9(8(5-7)10(15)16)14(19(17)18)11(6-13)3-4-11/h1-2,5H,3-4H2,(H,15,16)(H,17,18). The number of halogens is 1. The quantitative estimate of drug-likeness (QED) is 0.816. The van der Waals surface area contributed by atoms with Crippen molar-refractivity contribution in [3.8, 4) is 6.07 Å². The number of aromatic carboxylic acids is 1. The van der Waals surface area contributed by atoms with E-state index in [9.17, 15) is 17.9 Å². The van der Waals surface area contributed by atoms with E-state index in [1.54, 1.807) is 0 Å². The minimum atomic E-state index is -2.57. The normalized spacial score (nSPS) is 17.3. The van der Waals surface area contributed by atoms with Crippen molar-refractivity contribution in [3.63, 3.8) is 0 Å². The van der Waals surface area contributed by atoms with Gasteiger partial charge in [-0.3, -0.25) is 4.55 Å². The Balaban J connectivity index is 2.59. The van der Waals surface area contributed by atoms with E-state index >= 15 is 0 Å². The average molecular weight is 284 g/mol. The lowest BCUT2D eigenvalue weighted by Crippen LogP contribution is -2.38. The van der Waals surface area contributed by atoms with E-state index in [0.29, 0.717) is 12.8 Å². The molecule has 1 aromatic rings. The molecule has 1 aliphatic carbocycles. The van der Waals surface area contributed by atoms with Gasteiger partial charge in [-0.05, 0) is 31.0 Å². The van der Waals surface area contributed by atoms with Crippen molar-refractivity contribution >= 4 is 22.9 Å². The smallest absolute Gasteiger partial charge is 0.337 e. The van der Waals surface area contributed by atoms with Crippen LogP contribution in [0.2, 0.25) is 0 Å². The number of carbonyl (C=O) groups is 1. The largest absolute Gasteiger partial charge is 0.478 e. The molecule has 1 aliphatic rings. The summed E-state index contributed by atoms with van der Waals surface area (Å²) in [6, 6.07) is 4.72. The molecule has 8 heteroatoms. The third-order valence-electron chi connectivity index (χ3n) is 2.88. The van der Waals surface area contributed by atoms with Crippen LogP contribution < -0.4 is 4.31 Å². The van der Waals surface area contributed by atoms with Crippen LogP contribution in [0.1, 0.15) is 23.2 Å². The van der Waals surface area contributed by atoms with Gasteiger partial charge < -0.3 is 5.11 Å². The molecule has 0 heterocycles. The summed E-state index contributed by atoms with van der Waals surface area (Å²) in [5.41, 5.74) is -1.79. The second-order valence-corrected chi connectivity index (χ2v) is 4.96. The first-order chi connectivity index (χ1) is 8.91. The second-order valence-electron chi connectivity index (χ2n) is 4.14. The minimum absolute atomic E-state index is 0.145. The molecule has 2 N–H and O–H groups in total. The molecule has 0 aromatic heterocycles. The molecule has 1 atom stereocenters. The van der Waals surface area contributed by atoms with Crippen molar-refractivity contribution in [2.24, 2.45) is 0 Å². The third-order valence-corrected chi connectivity index (χ3v) is 3.74. The molecule has 0 bridgehead atoms. The molecule has 0 saturated heterocycles. The summed E-state index contributed by atoms with van der Waals surface area (Å²) >= 11 is -2.57. The molecule has 1 unspecified atom stereocenters. The number of carboxylic acid groups (broad SMARTS) is 1. The zero-order valence-corrected chi connectivity index (χ0v) is 10.4. The van der Waals surface area contributed by atoms with E-state index in [2.05, 4.69) is 0 Å². The zero-order chi connectivity index (χ0) is 14.2. The van der Waals surface area contributed by atoms with Crippen LogP contribution in [-0.4, -0.2) is 25.4 Å². The van der Waals surface area contributed by atoms with Crippen LogP contribution in [0.25, 0.3) is 0 Å². The van der Waals surface area contributed by atoms with Crippen LogP contribution in [0.4, 0.5) is 10.1 Å². The Morgan fingerprint density at radius 2 is 2.16 bits per heavy atom. The summed E-state index contributed by atoms with van der Waals surface area (Å²) in [7, 11) is 0. The first-order valence-electron chi connectivity index (χ1n) is 5.26. The minimum Gasteiger partial charge on any atom is -0.478 e. The van der Waals surface area contributed by atoms with Crippen LogP contribution in [0, 0.1) is 17.1 Å². The number of benzene rings is 1. The first-order valence-corrected chi connectivity index (χ1v) is 6.33. The molecule has 1 saturated carbocycles. The van der Waals surface area contributed by atoms with Crippen molar-refractivity contribution in [2.45, 2.75) is 18.4 Å². The number of hydrogen-bond acceptors (Lipinski definition) is 3. The predicted octanol–water partition coefficient (Wildman–Crippen LogP) is 1.52. The van der Waals surface area contributed by atoms with Crippen molar-refractivity contribution in [1.82, 2.24) is 0 Å². The average Bonchev–Trinajstić information content (AvgIpc) is 3.11. The fourth-order valence-corrected chi connectivity index (χ4v) is 2.65. The molecule has 0 radical (unpaired) electrons. The Morgan fingerprint density at radius 3 is 2.58 bits per heavy atom. The molecular formula is C11H9FN2O4S. The second kappa shape index (κ2) is 4.60. The molecule has 2 rings (SSSR count). The maximum absolute atomic E-state index is 13.1. The van der Waals surface area contributed by atoms with E-state index in [0.717, 1.165) is 22.5 Å². The topological polar surface area (TPSA) is 102 Å². The molecule has 19 heavy (non-hydrogen) atoms. The summed E-state index contributed by atoms with van der Waals surface area (Å²) in [4.78, 5) is 11.1. The van der Waals surface area contributed by atoms with Crippen molar-refractivity contribution in [3.05, 3.63) is 29.6 Å². The zero-order valence-electron chi connectivity index (χ0n) is 9.54. The lowest BCUT2D eigenvalue weighted by molar-refractivity contribution is 0.0697. The molecular weight excluding hydrogens is 275 g/mol. The molecule has 0 aliphatic heterocycles. The molecule has 6 nitrogen and oxygen atoms in total. The summed E-state index contributed by atoms with van der Waals surface area (Å²) < 4.78 is 34.6. The van der Waals surface area contributed by atoms with Crippen LogP contribution in [0.15, 0.2) is 18.2 Å². The maximum Gasteiger partial charge on any atom is 0.337 e. The van der Waals surface area contributed by atoms with Crippen LogP contribution in [-0.2, 0) is 11.3 Å². The van der Waals surface area contributed by atoms with E-state index in [-0.39, 0.29) is 5.69 Å². The van der Waals surface area contributed by atoms with Gasteiger partial charge in [-0.15, -0.1) is 0 Å². The number of carboxylic acids is 1. The number of nitrogens with zero attached hydrogens (tertiary/aromatic N) is 2. The molecule has 1 aromatic carbocycles. The SMILES string of the molecule is N#CC1(N(c2ccc(F)cc2C(=O)O)S(=O)O)CC1. The van der Waals surface area contributed by atoms with Gasteiger partial charge in [-0.1, -0.05) is 0 Å². The Morgan fingerprint density at radius 1 is 1.53 bits per heavy atom. The highest BCUT2D eigenvalue weighted by Gasteiger charge is 2.52. The molecule has 0 spiro atoms. The number of hydrogen-bond donors (Lipinski definition) is 2. The predicted molar refractivity (Wildman–Crippen MR) is 64.2 cm³/mol. The Hall–Kier alpha value is -1.98. The van der Waals surface area contributed by atoms with Crippen LogP contribution in [0.3, 0.4) is 0 Å². The van der Waals surface area contributed by atoms with Gasteiger partial charge in [0.2, 0.25) is 0 Å². The fourth-order valence-electron chi connectivity index (χ4n) is 1.80. The lowest BCUT2D eigenvalue weighted by atomic mass is 10.1. The van der Waals surface area contributed by atoms with Gasteiger partial charge >= 0.3 is 5.97 Å². The monoisotopic (exact) mass is 284 g/mol. The highest BCUT2D eigenvalue weighted by molar-refractivity contribution is 7.80. The van der Waals surface area contributed by atoms with Gasteiger partial charge in [0.05, 0.1) is 17.3 Å². The van der Waals surface area contributed by atoms with E-state index in [4.69, 9.17) is 10.4 Å². The van der Waals surface area contributed by atoms with Gasteiger partial charge in [0.25, 0.3) is 11.3 Å². The maximum atomic E-state index is 13.1. The van der Waals surface area contributed by atoms with Gasteiger partial charge in [-0.2, -0.15) is 5.26 Å². The van der Waals surface area contributed by atoms with Gasteiger partial charge in [0, 0.05) is 0 Å². The lowest BCUT2D eigenvalue weighted by Gasteiger charge is -2.25. The Labute approximate surface area is 110 Å². The van der Waals surface area contributed by atoms with Crippen molar-refractivity contribution in [1.29, 1.82) is 5.26 Å². The van der Waals surface area contributed by atoms with E-state index in [1.807, 2.05) is 6.07 Å².